The number of hydrogen-bond donors (Lipinski definition) is 1. The molecule has 1 amide bonds. The molecule has 2 aromatic rings. The van der Waals surface area contributed by atoms with Gasteiger partial charge >= 0.3 is 5.97 Å². The predicted octanol–water partition coefficient (Wildman–Crippen LogP) is 3.58. The van der Waals surface area contributed by atoms with Crippen LogP contribution in [-0.2, 0) is 27.2 Å². The number of halogens is 1. The summed E-state index contributed by atoms with van der Waals surface area (Å²) in [5, 5.41) is 5.01. The van der Waals surface area contributed by atoms with Crippen LogP contribution in [0.25, 0.3) is 0 Å². The first-order chi connectivity index (χ1) is 11.1. The Labute approximate surface area is 147 Å². The molecule has 0 aliphatic heterocycles. The van der Waals surface area contributed by atoms with E-state index in [-0.39, 0.29) is 18.3 Å². The first-order valence-corrected chi connectivity index (χ1v) is 8.88. The average Bonchev–Trinajstić information content (AvgIpc) is 2.92. The smallest absolute Gasteiger partial charge is 0.311 e. The molecule has 5 nitrogen and oxygen atoms in total. The number of aryl methyl sites for hydroxylation is 1. The Morgan fingerprint density at radius 2 is 2.22 bits per heavy atom. The van der Waals surface area contributed by atoms with Crippen LogP contribution in [0, 0.1) is 0 Å². The lowest BCUT2D eigenvalue weighted by Gasteiger charge is -2.03. The van der Waals surface area contributed by atoms with Crippen LogP contribution < -0.4 is 5.32 Å². The second-order valence-corrected chi connectivity index (χ2v) is 6.58. The van der Waals surface area contributed by atoms with Crippen LogP contribution in [0.4, 0.5) is 5.13 Å². The number of ether oxygens (including phenoxy) is 1. The Balaban J connectivity index is 1.81. The summed E-state index contributed by atoms with van der Waals surface area (Å²) in [6.07, 6.45) is 1.16. The third-order valence-electron chi connectivity index (χ3n) is 2.96. The van der Waals surface area contributed by atoms with Crippen molar-refractivity contribution >= 4 is 44.3 Å². The van der Waals surface area contributed by atoms with Gasteiger partial charge in [0.05, 0.1) is 18.7 Å². The normalized spacial score (nSPS) is 10.3. The number of thiazole rings is 1. The van der Waals surface area contributed by atoms with Crippen molar-refractivity contribution in [2.45, 2.75) is 26.2 Å². The fraction of sp³-hybridized carbons (Fsp3) is 0.312. The highest BCUT2D eigenvalue weighted by Gasteiger charge is 2.10. The molecule has 1 aromatic carbocycles. The molecular formula is C16H17BrN2O3S. The summed E-state index contributed by atoms with van der Waals surface area (Å²) in [7, 11) is 0. The van der Waals surface area contributed by atoms with Gasteiger partial charge in [-0.3, -0.25) is 9.59 Å². The Morgan fingerprint density at radius 3 is 2.96 bits per heavy atom. The van der Waals surface area contributed by atoms with Gasteiger partial charge in [-0.2, -0.15) is 0 Å². The molecule has 0 saturated carbocycles. The Kier molecular flexibility index (Phi) is 6.73. The second kappa shape index (κ2) is 8.79. The monoisotopic (exact) mass is 396 g/mol. The number of amides is 1. The number of nitrogens with one attached hydrogen (secondary N) is 1. The van der Waals surface area contributed by atoms with Gasteiger partial charge in [0.1, 0.15) is 0 Å². The number of rotatable bonds is 7. The van der Waals surface area contributed by atoms with Crippen LogP contribution in [0.5, 0.6) is 0 Å². The van der Waals surface area contributed by atoms with Gasteiger partial charge in [0, 0.05) is 16.3 Å². The molecule has 0 radical (unpaired) electrons. The Morgan fingerprint density at radius 1 is 1.39 bits per heavy atom. The standard InChI is InChI=1S/C16H17BrN2O3S/c1-2-22-15(21)9-13-10-23-16(18-13)19-14(20)7-6-11-4-3-5-12(17)8-11/h3-5,8,10H,2,6-7,9H2,1H3,(H,18,19,20). The lowest BCUT2D eigenvalue weighted by molar-refractivity contribution is -0.142. The molecule has 0 saturated heterocycles. The van der Waals surface area contributed by atoms with Crippen molar-refractivity contribution in [3.05, 3.63) is 45.4 Å². The topological polar surface area (TPSA) is 68.3 Å². The number of anilines is 1. The van der Waals surface area contributed by atoms with Crippen molar-refractivity contribution in [2.75, 3.05) is 11.9 Å². The van der Waals surface area contributed by atoms with E-state index in [2.05, 4.69) is 26.2 Å². The molecule has 0 unspecified atom stereocenters. The van der Waals surface area contributed by atoms with Gasteiger partial charge in [0.25, 0.3) is 0 Å². The Bertz CT molecular complexity index is 687. The van der Waals surface area contributed by atoms with E-state index in [9.17, 15) is 9.59 Å². The number of carbonyl (C=O) groups excluding carboxylic acids is 2. The molecule has 0 aliphatic carbocycles. The first-order valence-electron chi connectivity index (χ1n) is 7.21. The molecule has 2 rings (SSSR count). The minimum Gasteiger partial charge on any atom is -0.466 e. The van der Waals surface area contributed by atoms with Gasteiger partial charge < -0.3 is 10.1 Å². The maximum Gasteiger partial charge on any atom is 0.311 e. The van der Waals surface area contributed by atoms with E-state index in [1.165, 1.54) is 11.3 Å². The van der Waals surface area contributed by atoms with Crippen molar-refractivity contribution in [3.63, 3.8) is 0 Å². The zero-order valence-electron chi connectivity index (χ0n) is 12.7. The average molecular weight is 397 g/mol. The van der Waals surface area contributed by atoms with Gasteiger partial charge in [-0.25, -0.2) is 4.98 Å². The number of carbonyl (C=O) groups is 2. The molecule has 0 aliphatic rings. The molecule has 0 fully saturated rings. The number of benzene rings is 1. The van der Waals surface area contributed by atoms with Gasteiger partial charge in [0.15, 0.2) is 5.13 Å². The van der Waals surface area contributed by atoms with Crippen LogP contribution in [0.15, 0.2) is 34.1 Å². The van der Waals surface area contributed by atoms with Gasteiger partial charge in [-0.15, -0.1) is 11.3 Å². The highest BCUT2D eigenvalue weighted by atomic mass is 79.9. The van der Waals surface area contributed by atoms with Crippen molar-refractivity contribution < 1.29 is 14.3 Å². The third-order valence-corrected chi connectivity index (χ3v) is 4.26. The Hall–Kier alpha value is -1.73. The van der Waals surface area contributed by atoms with Crippen LogP contribution in [0.3, 0.4) is 0 Å². The fourth-order valence-corrected chi connectivity index (χ4v) is 3.11. The van der Waals surface area contributed by atoms with E-state index >= 15 is 0 Å². The summed E-state index contributed by atoms with van der Waals surface area (Å²) in [6.45, 7) is 2.11. The number of nitrogens with zero attached hydrogens (tertiary/aromatic N) is 1. The summed E-state index contributed by atoms with van der Waals surface area (Å²) in [4.78, 5) is 27.6. The van der Waals surface area contributed by atoms with Gasteiger partial charge in [-0.05, 0) is 31.0 Å². The van der Waals surface area contributed by atoms with E-state index in [4.69, 9.17) is 4.74 Å². The van der Waals surface area contributed by atoms with Crippen molar-refractivity contribution in [2.24, 2.45) is 0 Å². The molecule has 0 bridgehead atoms. The van der Waals surface area contributed by atoms with E-state index in [0.29, 0.717) is 30.3 Å². The molecule has 0 atom stereocenters. The minimum absolute atomic E-state index is 0.0954. The largest absolute Gasteiger partial charge is 0.466 e. The van der Waals surface area contributed by atoms with Gasteiger partial charge in [0.2, 0.25) is 5.91 Å². The molecule has 1 N–H and O–H groups in total. The zero-order chi connectivity index (χ0) is 16.7. The fourth-order valence-electron chi connectivity index (χ4n) is 1.94. The van der Waals surface area contributed by atoms with Crippen LogP contribution >= 0.6 is 27.3 Å². The minimum atomic E-state index is -0.315. The van der Waals surface area contributed by atoms with Crippen molar-refractivity contribution in [1.82, 2.24) is 4.98 Å². The number of esters is 1. The molecule has 122 valence electrons. The van der Waals surface area contributed by atoms with E-state index in [0.717, 1.165) is 10.0 Å². The van der Waals surface area contributed by atoms with Crippen molar-refractivity contribution in [1.29, 1.82) is 0 Å². The predicted molar refractivity (Wildman–Crippen MR) is 93.5 cm³/mol. The summed E-state index contributed by atoms with van der Waals surface area (Å²) in [5.41, 5.74) is 1.70. The number of aromatic nitrogens is 1. The summed E-state index contributed by atoms with van der Waals surface area (Å²) in [6, 6.07) is 7.87. The maximum atomic E-state index is 12.0. The molecule has 23 heavy (non-hydrogen) atoms. The highest BCUT2D eigenvalue weighted by Crippen LogP contribution is 2.17. The lowest BCUT2D eigenvalue weighted by Crippen LogP contribution is -2.12. The van der Waals surface area contributed by atoms with E-state index in [1.807, 2.05) is 24.3 Å². The zero-order valence-corrected chi connectivity index (χ0v) is 15.1. The van der Waals surface area contributed by atoms with E-state index in [1.54, 1.807) is 12.3 Å². The quantitative estimate of drug-likeness (QED) is 0.726. The lowest BCUT2D eigenvalue weighted by atomic mass is 10.1. The van der Waals surface area contributed by atoms with Crippen LogP contribution in [0.1, 0.15) is 24.6 Å². The molecule has 1 aromatic heterocycles. The first kappa shape index (κ1) is 17.6. The molecule has 7 heteroatoms. The third kappa shape index (κ3) is 6.11. The maximum absolute atomic E-state index is 12.0. The molecule has 0 spiro atoms. The summed E-state index contributed by atoms with van der Waals surface area (Å²) in [5.74, 6) is -0.410. The van der Waals surface area contributed by atoms with Gasteiger partial charge in [-0.1, -0.05) is 28.1 Å². The SMILES string of the molecule is CCOC(=O)Cc1csc(NC(=O)CCc2cccc(Br)c2)n1. The second-order valence-electron chi connectivity index (χ2n) is 4.80. The number of hydrogen-bond acceptors (Lipinski definition) is 5. The van der Waals surface area contributed by atoms with Crippen molar-refractivity contribution in [3.8, 4) is 0 Å². The summed E-state index contributed by atoms with van der Waals surface area (Å²) >= 11 is 4.71. The molecule has 1 heterocycles. The van der Waals surface area contributed by atoms with E-state index < -0.39 is 0 Å². The highest BCUT2D eigenvalue weighted by molar-refractivity contribution is 9.10. The molecular weight excluding hydrogens is 380 g/mol. The van der Waals surface area contributed by atoms with Crippen LogP contribution in [0.2, 0.25) is 0 Å². The van der Waals surface area contributed by atoms with Crippen LogP contribution in [-0.4, -0.2) is 23.5 Å². The summed E-state index contributed by atoms with van der Waals surface area (Å²) < 4.78 is 5.87.